The van der Waals surface area contributed by atoms with Crippen LogP contribution in [0.2, 0.25) is 0 Å². The number of rotatable bonds is 5. The van der Waals surface area contributed by atoms with E-state index in [2.05, 4.69) is 11.6 Å². The first-order valence-electron chi connectivity index (χ1n) is 5.30. The maximum atomic E-state index is 13.5. The van der Waals surface area contributed by atoms with Gasteiger partial charge in [0, 0.05) is 18.8 Å². The van der Waals surface area contributed by atoms with Crippen LogP contribution in [-0.4, -0.2) is 30.3 Å². The van der Waals surface area contributed by atoms with E-state index >= 15 is 0 Å². The van der Waals surface area contributed by atoms with E-state index in [1.54, 1.807) is 0 Å². The standard InChI is InChI=1S/C11H13FN2O2S/c1-2-8-14(9-5-6-9)17(15,16)11-10(12)4-3-7-13-11/h2-4,7,9H,1,5-6,8H2. The Labute approximate surface area is 99.8 Å². The molecule has 0 saturated heterocycles. The summed E-state index contributed by atoms with van der Waals surface area (Å²) < 4.78 is 39.1. The van der Waals surface area contributed by atoms with Gasteiger partial charge in [-0.15, -0.1) is 6.58 Å². The molecule has 1 fully saturated rings. The van der Waals surface area contributed by atoms with Crippen LogP contribution in [0.4, 0.5) is 4.39 Å². The maximum absolute atomic E-state index is 13.5. The largest absolute Gasteiger partial charge is 0.264 e. The molecule has 0 N–H and O–H groups in total. The van der Waals surface area contributed by atoms with E-state index in [1.165, 1.54) is 22.6 Å². The van der Waals surface area contributed by atoms with Gasteiger partial charge in [-0.05, 0) is 25.0 Å². The molecule has 1 saturated carbocycles. The molecular formula is C11H13FN2O2S. The van der Waals surface area contributed by atoms with Crippen LogP contribution in [0.3, 0.4) is 0 Å². The first-order chi connectivity index (χ1) is 8.07. The van der Waals surface area contributed by atoms with Gasteiger partial charge >= 0.3 is 0 Å². The number of sulfonamides is 1. The predicted octanol–water partition coefficient (Wildman–Crippen LogP) is 1.56. The highest BCUT2D eigenvalue weighted by Gasteiger charge is 2.39. The fourth-order valence-corrected chi connectivity index (χ4v) is 3.24. The van der Waals surface area contributed by atoms with E-state index < -0.39 is 20.9 Å². The second-order valence-corrected chi connectivity index (χ2v) is 5.69. The van der Waals surface area contributed by atoms with Gasteiger partial charge in [0.05, 0.1) is 0 Å². The van der Waals surface area contributed by atoms with E-state index in [4.69, 9.17) is 0 Å². The van der Waals surface area contributed by atoms with Gasteiger partial charge < -0.3 is 0 Å². The highest BCUT2D eigenvalue weighted by atomic mass is 32.2. The molecule has 0 aromatic carbocycles. The lowest BCUT2D eigenvalue weighted by molar-refractivity contribution is 0.427. The zero-order valence-corrected chi connectivity index (χ0v) is 10.0. The summed E-state index contributed by atoms with van der Waals surface area (Å²) in [5, 5.41) is -0.506. The molecule has 2 rings (SSSR count). The molecule has 0 unspecified atom stereocenters. The Morgan fingerprint density at radius 2 is 2.29 bits per heavy atom. The molecule has 1 heterocycles. The second-order valence-electron chi connectivity index (χ2n) is 3.88. The van der Waals surface area contributed by atoms with Gasteiger partial charge in [-0.3, -0.25) is 0 Å². The fraction of sp³-hybridized carbons (Fsp3) is 0.364. The van der Waals surface area contributed by atoms with Crippen molar-refractivity contribution >= 4 is 10.0 Å². The molecule has 4 nitrogen and oxygen atoms in total. The summed E-state index contributed by atoms with van der Waals surface area (Å²) in [7, 11) is -3.85. The average molecular weight is 256 g/mol. The number of pyridine rings is 1. The Bertz CT molecular complexity index is 526. The summed E-state index contributed by atoms with van der Waals surface area (Å²) in [6.07, 6.45) is 4.38. The number of hydrogen-bond donors (Lipinski definition) is 0. The summed E-state index contributed by atoms with van der Waals surface area (Å²) in [5.41, 5.74) is 0. The van der Waals surface area contributed by atoms with Crippen molar-refractivity contribution in [1.82, 2.24) is 9.29 Å². The van der Waals surface area contributed by atoms with Crippen molar-refractivity contribution in [3.63, 3.8) is 0 Å². The Hall–Kier alpha value is -1.27. The topological polar surface area (TPSA) is 50.3 Å². The third kappa shape index (κ3) is 2.37. The molecule has 0 radical (unpaired) electrons. The Morgan fingerprint density at radius 3 is 2.82 bits per heavy atom. The molecule has 6 heteroatoms. The van der Waals surface area contributed by atoms with Crippen LogP contribution in [0.15, 0.2) is 36.0 Å². The maximum Gasteiger partial charge on any atom is 0.264 e. The Morgan fingerprint density at radius 1 is 1.59 bits per heavy atom. The van der Waals surface area contributed by atoms with Gasteiger partial charge in [0.15, 0.2) is 5.82 Å². The average Bonchev–Trinajstić information content (AvgIpc) is 3.10. The van der Waals surface area contributed by atoms with Gasteiger partial charge in [0.1, 0.15) is 0 Å². The monoisotopic (exact) mass is 256 g/mol. The van der Waals surface area contributed by atoms with Gasteiger partial charge in [0.25, 0.3) is 10.0 Å². The van der Waals surface area contributed by atoms with Crippen molar-refractivity contribution in [2.24, 2.45) is 0 Å². The summed E-state index contributed by atoms with van der Waals surface area (Å²) in [5.74, 6) is -0.817. The van der Waals surface area contributed by atoms with Crippen LogP contribution in [0.25, 0.3) is 0 Å². The summed E-state index contributed by atoms with van der Waals surface area (Å²) >= 11 is 0. The minimum absolute atomic E-state index is 0.0422. The van der Waals surface area contributed by atoms with Crippen molar-refractivity contribution in [2.75, 3.05) is 6.54 Å². The first-order valence-corrected chi connectivity index (χ1v) is 6.74. The molecule has 17 heavy (non-hydrogen) atoms. The Balaban J connectivity index is 2.40. The fourth-order valence-electron chi connectivity index (χ4n) is 1.61. The van der Waals surface area contributed by atoms with Crippen LogP contribution in [0, 0.1) is 5.82 Å². The molecule has 0 aliphatic heterocycles. The minimum atomic E-state index is -3.85. The molecule has 1 aromatic rings. The Kier molecular flexibility index (Phi) is 3.26. The molecule has 0 spiro atoms. The van der Waals surface area contributed by atoms with E-state index in [0.29, 0.717) is 0 Å². The van der Waals surface area contributed by atoms with Crippen molar-refractivity contribution in [2.45, 2.75) is 23.9 Å². The predicted molar refractivity (Wildman–Crippen MR) is 61.3 cm³/mol. The summed E-state index contributed by atoms with van der Waals surface area (Å²) in [6.45, 7) is 3.70. The summed E-state index contributed by atoms with van der Waals surface area (Å²) in [4.78, 5) is 3.62. The molecular weight excluding hydrogens is 243 g/mol. The second kappa shape index (κ2) is 4.54. The highest BCUT2D eigenvalue weighted by Crippen LogP contribution is 2.31. The van der Waals surface area contributed by atoms with E-state index in [1.807, 2.05) is 0 Å². The van der Waals surface area contributed by atoms with Crippen LogP contribution < -0.4 is 0 Å². The lowest BCUT2D eigenvalue weighted by Crippen LogP contribution is -2.34. The lowest BCUT2D eigenvalue weighted by Gasteiger charge is -2.19. The number of aromatic nitrogens is 1. The number of nitrogens with zero attached hydrogens (tertiary/aromatic N) is 2. The zero-order chi connectivity index (χ0) is 12.5. The highest BCUT2D eigenvalue weighted by molar-refractivity contribution is 7.89. The van der Waals surface area contributed by atoms with Crippen molar-refractivity contribution in [3.8, 4) is 0 Å². The normalized spacial score (nSPS) is 16.1. The van der Waals surface area contributed by atoms with Gasteiger partial charge in [0.2, 0.25) is 5.03 Å². The van der Waals surface area contributed by atoms with Crippen LogP contribution in [-0.2, 0) is 10.0 Å². The van der Waals surface area contributed by atoms with E-state index in [-0.39, 0.29) is 12.6 Å². The molecule has 1 aliphatic rings. The zero-order valence-electron chi connectivity index (χ0n) is 9.21. The van der Waals surface area contributed by atoms with Crippen molar-refractivity contribution < 1.29 is 12.8 Å². The van der Waals surface area contributed by atoms with Gasteiger partial charge in [-0.25, -0.2) is 17.8 Å². The van der Waals surface area contributed by atoms with Crippen LogP contribution >= 0.6 is 0 Å². The molecule has 0 atom stereocenters. The quantitative estimate of drug-likeness (QED) is 0.751. The number of hydrogen-bond acceptors (Lipinski definition) is 3. The lowest BCUT2D eigenvalue weighted by atomic mass is 10.5. The SMILES string of the molecule is C=CCN(C1CC1)S(=O)(=O)c1ncccc1F. The van der Waals surface area contributed by atoms with Gasteiger partial charge in [-0.1, -0.05) is 6.08 Å². The van der Waals surface area contributed by atoms with Gasteiger partial charge in [-0.2, -0.15) is 4.31 Å². The van der Waals surface area contributed by atoms with E-state index in [9.17, 15) is 12.8 Å². The smallest absolute Gasteiger partial charge is 0.241 e. The molecule has 92 valence electrons. The number of halogens is 1. The molecule has 0 amide bonds. The summed E-state index contributed by atoms with van der Waals surface area (Å²) in [6, 6.07) is 2.42. The minimum Gasteiger partial charge on any atom is -0.241 e. The molecule has 0 bridgehead atoms. The van der Waals surface area contributed by atoms with Crippen LogP contribution in [0.5, 0.6) is 0 Å². The third-order valence-electron chi connectivity index (χ3n) is 2.54. The first kappa shape index (κ1) is 12.2. The third-order valence-corrected chi connectivity index (χ3v) is 4.39. The molecule has 1 aliphatic carbocycles. The van der Waals surface area contributed by atoms with Crippen molar-refractivity contribution in [3.05, 3.63) is 36.8 Å². The van der Waals surface area contributed by atoms with E-state index in [0.717, 1.165) is 18.9 Å². The molecule has 1 aromatic heterocycles. The van der Waals surface area contributed by atoms with Crippen molar-refractivity contribution in [1.29, 1.82) is 0 Å². The van der Waals surface area contributed by atoms with Crippen LogP contribution in [0.1, 0.15) is 12.8 Å².